The van der Waals surface area contributed by atoms with Gasteiger partial charge >= 0.3 is 0 Å². The van der Waals surface area contributed by atoms with Gasteiger partial charge in [-0.05, 0) is 26.0 Å². The van der Waals surface area contributed by atoms with Gasteiger partial charge in [0, 0.05) is 25.0 Å². The average Bonchev–Trinajstić information content (AvgIpc) is 3.27. The van der Waals surface area contributed by atoms with Gasteiger partial charge in [-0.15, -0.1) is 22.7 Å². The highest BCUT2D eigenvalue weighted by Crippen LogP contribution is 2.22. The van der Waals surface area contributed by atoms with Gasteiger partial charge in [0.05, 0.1) is 34.7 Å². The number of hydrogen-bond acceptors (Lipinski definition) is 8. The van der Waals surface area contributed by atoms with E-state index in [1.807, 2.05) is 29.6 Å². The third kappa shape index (κ3) is 5.58. The third-order valence-corrected chi connectivity index (χ3v) is 6.29. The summed E-state index contributed by atoms with van der Waals surface area (Å²) in [5, 5.41) is 6.27. The number of anilines is 1. The van der Waals surface area contributed by atoms with E-state index in [0.717, 1.165) is 40.6 Å². The summed E-state index contributed by atoms with van der Waals surface area (Å²) < 4.78 is 12.4. The number of nitrogens with zero attached hydrogens (tertiary/aromatic N) is 3. The van der Waals surface area contributed by atoms with E-state index in [0.29, 0.717) is 11.7 Å². The lowest BCUT2D eigenvalue weighted by Crippen LogP contribution is -2.44. The number of amides is 1. The lowest BCUT2D eigenvalue weighted by Gasteiger charge is -2.34. The molecular formula is C20H24N4O3S2. The van der Waals surface area contributed by atoms with E-state index in [2.05, 4.69) is 34.0 Å². The number of rotatable bonds is 7. The van der Waals surface area contributed by atoms with Crippen LogP contribution in [0, 0.1) is 0 Å². The van der Waals surface area contributed by atoms with Crippen LogP contribution >= 0.6 is 22.7 Å². The van der Waals surface area contributed by atoms with Gasteiger partial charge in [0.15, 0.2) is 5.13 Å². The summed E-state index contributed by atoms with van der Waals surface area (Å²) in [6.07, 6.45) is 0.452. The lowest BCUT2D eigenvalue weighted by molar-refractivity contribution is -0.121. The first kappa shape index (κ1) is 20.4. The van der Waals surface area contributed by atoms with Crippen LogP contribution in [0.5, 0.6) is 0 Å². The van der Waals surface area contributed by atoms with Crippen molar-refractivity contribution >= 4 is 43.9 Å². The lowest BCUT2D eigenvalue weighted by atomic mass is 10.2. The molecule has 0 radical (unpaired) electrons. The maximum atomic E-state index is 12.1. The van der Waals surface area contributed by atoms with Gasteiger partial charge in [0.2, 0.25) is 0 Å². The molecule has 1 fully saturated rings. The van der Waals surface area contributed by atoms with Gasteiger partial charge in [-0.2, -0.15) is 0 Å². The van der Waals surface area contributed by atoms with E-state index < -0.39 is 0 Å². The van der Waals surface area contributed by atoms with E-state index >= 15 is 0 Å². The Morgan fingerprint density at radius 1 is 1.28 bits per heavy atom. The Labute approximate surface area is 177 Å². The van der Waals surface area contributed by atoms with Gasteiger partial charge in [0.1, 0.15) is 11.6 Å². The van der Waals surface area contributed by atoms with Crippen molar-refractivity contribution in [2.75, 3.05) is 25.0 Å². The Morgan fingerprint density at radius 3 is 2.86 bits per heavy atom. The quantitative estimate of drug-likeness (QED) is 0.616. The number of ether oxygens (including phenoxy) is 2. The van der Waals surface area contributed by atoms with Crippen LogP contribution in [-0.2, 0) is 27.4 Å². The van der Waals surface area contributed by atoms with Crippen LogP contribution in [0.15, 0.2) is 29.6 Å². The second-order valence-corrected chi connectivity index (χ2v) is 9.19. The summed E-state index contributed by atoms with van der Waals surface area (Å²) >= 11 is 3.02. The molecule has 154 valence electrons. The number of para-hydroxylation sites is 1. The fourth-order valence-corrected chi connectivity index (χ4v) is 5.07. The smallest absolute Gasteiger partial charge is 0.252 e. The number of morpholine rings is 1. The van der Waals surface area contributed by atoms with Crippen LogP contribution in [0.3, 0.4) is 0 Å². The Bertz CT molecular complexity index is 930. The molecule has 0 bridgehead atoms. The van der Waals surface area contributed by atoms with E-state index in [4.69, 9.17) is 9.47 Å². The number of aromatic nitrogens is 2. The molecule has 1 N–H and O–H groups in total. The zero-order valence-electron chi connectivity index (χ0n) is 16.5. The number of carbonyl (C=O) groups is 1. The Morgan fingerprint density at radius 2 is 2.07 bits per heavy atom. The van der Waals surface area contributed by atoms with Crippen LogP contribution in [-0.4, -0.2) is 52.7 Å². The molecule has 7 nitrogen and oxygen atoms in total. The number of thiazole rings is 2. The predicted molar refractivity (Wildman–Crippen MR) is 115 cm³/mol. The molecule has 0 spiro atoms. The second kappa shape index (κ2) is 9.27. The summed E-state index contributed by atoms with van der Waals surface area (Å²) in [5.41, 5.74) is 1.92. The maximum absolute atomic E-state index is 12.1. The number of fused-ring (bicyclic) bond motifs is 1. The average molecular weight is 433 g/mol. The predicted octanol–water partition coefficient (Wildman–Crippen LogP) is 3.52. The summed E-state index contributed by atoms with van der Waals surface area (Å²) in [5.74, 6) is -0.208. The molecule has 1 saturated heterocycles. The van der Waals surface area contributed by atoms with Crippen molar-refractivity contribution in [3.8, 4) is 0 Å². The Hall–Kier alpha value is -1.91. The van der Waals surface area contributed by atoms with Crippen molar-refractivity contribution in [3.05, 3.63) is 40.3 Å². The highest BCUT2D eigenvalue weighted by atomic mass is 32.1. The zero-order chi connectivity index (χ0) is 20.2. The van der Waals surface area contributed by atoms with Crippen molar-refractivity contribution in [1.29, 1.82) is 0 Å². The van der Waals surface area contributed by atoms with Gasteiger partial charge in [-0.25, -0.2) is 9.97 Å². The molecule has 1 aromatic carbocycles. The highest BCUT2D eigenvalue weighted by molar-refractivity contribution is 7.18. The largest absolute Gasteiger partial charge is 0.373 e. The van der Waals surface area contributed by atoms with E-state index in [1.54, 1.807) is 11.3 Å². The summed E-state index contributed by atoms with van der Waals surface area (Å²) in [4.78, 5) is 23.5. The van der Waals surface area contributed by atoms with Crippen molar-refractivity contribution in [1.82, 2.24) is 14.9 Å². The Kier molecular flexibility index (Phi) is 6.51. The number of benzene rings is 1. The molecule has 4 rings (SSSR count). The van der Waals surface area contributed by atoms with Gasteiger partial charge < -0.3 is 9.47 Å². The summed E-state index contributed by atoms with van der Waals surface area (Å²) in [6, 6.07) is 7.95. The van der Waals surface area contributed by atoms with Crippen LogP contribution in [0.4, 0.5) is 5.13 Å². The van der Waals surface area contributed by atoms with Crippen molar-refractivity contribution < 1.29 is 14.3 Å². The van der Waals surface area contributed by atoms with E-state index in [-0.39, 0.29) is 24.7 Å². The molecule has 9 heteroatoms. The molecule has 29 heavy (non-hydrogen) atoms. The molecule has 3 aromatic rings. The molecule has 1 amide bonds. The van der Waals surface area contributed by atoms with Crippen LogP contribution in [0.25, 0.3) is 10.2 Å². The highest BCUT2D eigenvalue weighted by Gasteiger charge is 2.22. The van der Waals surface area contributed by atoms with Crippen molar-refractivity contribution in [2.24, 2.45) is 0 Å². The van der Waals surface area contributed by atoms with E-state index in [1.165, 1.54) is 11.3 Å². The van der Waals surface area contributed by atoms with Gasteiger partial charge in [0.25, 0.3) is 5.91 Å². The first-order valence-electron chi connectivity index (χ1n) is 9.59. The molecule has 3 heterocycles. The van der Waals surface area contributed by atoms with Crippen LogP contribution < -0.4 is 5.32 Å². The molecule has 0 saturated carbocycles. The fraction of sp³-hybridized carbons (Fsp3) is 0.450. The minimum absolute atomic E-state index is 0.0245. The molecule has 0 aliphatic carbocycles. The van der Waals surface area contributed by atoms with Crippen LogP contribution in [0.2, 0.25) is 0 Å². The monoisotopic (exact) mass is 432 g/mol. The first-order valence-corrected chi connectivity index (χ1v) is 11.3. The van der Waals surface area contributed by atoms with Crippen molar-refractivity contribution in [3.63, 3.8) is 0 Å². The standard InChI is InChI=1S/C20H24N4O3S2/c1-13-7-24(8-14(2)27-13)9-15-12-28-20(21-15)23-18(25)10-26-11-19-22-16-5-3-4-6-17(16)29-19/h3-6,12-14H,7-11H2,1-2H3,(H,21,23,25)/t13-,14+. The number of carbonyl (C=O) groups excluding carboxylic acids is 1. The first-order chi connectivity index (χ1) is 14.0. The molecule has 2 aromatic heterocycles. The molecule has 0 unspecified atom stereocenters. The minimum atomic E-state index is -0.208. The molecule has 1 aliphatic heterocycles. The second-order valence-electron chi connectivity index (χ2n) is 7.21. The Balaban J connectivity index is 1.22. The van der Waals surface area contributed by atoms with E-state index in [9.17, 15) is 4.79 Å². The third-order valence-electron chi connectivity index (χ3n) is 4.48. The maximum Gasteiger partial charge on any atom is 0.252 e. The van der Waals surface area contributed by atoms with Crippen LogP contribution in [0.1, 0.15) is 24.5 Å². The SMILES string of the molecule is C[C@@H]1CN(Cc2csc(NC(=O)COCc3nc4ccccc4s3)n2)C[C@H](C)O1. The minimum Gasteiger partial charge on any atom is -0.373 e. The summed E-state index contributed by atoms with van der Waals surface area (Å²) in [6.45, 7) is 7.02. The van der Waals surface area contributed by atoms with Gasteiger partial charge in [-0.1, -0.05) is 12.1 Å². The zero-order valence-corrected chi connectivity index (χ0v) is 18.1. The van der Waals surface area contributed by atoms with Gasteiger partial charge in [-0.3, -0.25) is 15.0 Å². The normalized spacial score (nSPS) is 20.2. The summed E-state index contributed by atoms with van der Waals surface area (Å²) in [7, 11) is 0. The molecule has 1 aliphatic rings. The van der Waals surface area contributed by atoms with Crippen molar-refractivity contribution in [2.45, 2.75) is 39.2 Å². The molecular weight excluding hydrogens is 408 g/mol. The topological polar surface area (TPSA) is 76.6 Å². The number of hydrogen-bond donors (Lipinski definition) is 1. The number of nitrogens with one attached hydrogen (secondary N) is 1. The molecule has 2 atom stereocenters. The fourth-order valence-electron chi connectivity index (χ4n) is 3.45.